The van der Waals surface area contributed by atoms with Crippen molar-refractivity contribution in [2.24, 2.45) is 0 Å². The van der Waals surface area contributed by atoms with Gasteiger partial charge in [-0.1, -0.05) is 19.1 Å². The van der Waals surface area contributed by atoms with Crippen molar-refractivity contribution in [1.82, 2.24) is 25.5 Å². The van der Waals surface area contributed by atoms with Crippen LogP contribution in [0.1, 0.15) is 19.7 Å². The first kappa shape index (κ1) is 8.42. The van der Waals surface area contributed by atoms with E-state index in [1.165, 1.54) is 0 Å². The standard InChI is InChI=1S/C5H10ClN5/c1-5(2,3-7-6)4-8-10-11-9-4/h7H,3H2,1-2H3,(H,8,9,10,11). The van der Waals surface area contributed by atoms with Crippen LogP contribution >= 0.6 is 11.8 Å². The average molecular weight is 176 g/mol. The number of nitrogens with one attached hydrogen (secondary N) is 2. The van der Waals surface area contributed by atoms with Crippen molar-refractivity contribution >= 4 is 11.8 Å². The molecule has 5 nitrogen and oxygen atoms in total. The molecule has 1 aromatic rings. The molecule has 2 N–H and O–H groups in total. The highest BCUT2D eigenvalue weighted by Crippen LogP contribution is 2.16. The van der Waals surface area contributed by atoms with Gasteiger partial charge in [-0.2, -0.15) is 5.21 Å². The summed E-state index contributed by atoms with van der Waals surface area (Å²) in [6.07, 6.45) is 0. The molecule has 0 spiro atoms. The molecule has 0 bridgehead atoms. The molecule has 62 valence electrons. The molecule has 1 heterocycles. The lowest BCUT2D eigenvalue weighted by atomic mass is 9.93. The Morgan fingerprint density at radius 3 is 2.82 bits per heavy atom. The smallest absolute Gasteiger partial charge is 0.181 e. The molecule has 0 aliphatic rings. The largest absolute Gasteiger partial charge is 0.233 e. The summed E-state index contributed by atoms with van der Waals surface area (Å²) in [6, 6.07) is 0. The number of rotatable bonds is 3. The topological polar surface area (TPSA) is 66.5 Å². The molecule has 0 saturated carbocycles. The number of aromatic nitrogens is 4. The Hall–Kier alpha value is -0.680. The van der Waals surface area contributed by atoms with Gasteiger partial charge in [0.1, 0.15) is 0 Å². The zero-order chi connectivity index (χ0) is 8.32. The van der Waals surface area contributed by atoms with Crippen molar-refractivity contribution < 1.29 is 0 Å². The molecule has 0 radical (unpaired) electrons. The van der Waals surface area contributed by atoms with Gasteiger partial charge in [-0.25, -0.2) is 4.84 Å². The minimum Gasteiger partial charge on any atom is -0.233 e. The minimum absolute atomic E-state index is 0.186. The highest BCUT2D eigenvalue weighted by molar-refractivity contribution is 6.13. The number of halogens is 1. The van der Waals surface area contributed by atoms with E-state index in [9.17, 15) is 0 Å². The van der Waals surface area contributed by atoms with Crippen LogP contribution in [-0.4, -0.2) is 27.2 Å². The van der Waals surface area contributed by atoms with E-state index in [1.54, 1.807) is 0 Å². The van der Waals surface area contributed by atoms with Gasteiger partial charge in [0.25, 0.3) is 0 Å². The third kappa shape index (κ3) is 1.87. The molecular formula is C5H10ClN5. The van der Waals surface area contributed by atoms with E-state index in [0.717, 1.165) is 0 Å². The van der Waals surface area contributed by atoms with Crippen molar-refractivity contribution in [3.63, 3.8) is 0 Å². The summed E-state index contributed by atoms with van der Waals surface area (Å²) >= 11 is 5.37. The fraction of sp³-hybridized carbons (Fsp3) is 0.800. The number of tetrazole rings is 1. The number of H-pyrrole nitrogens is 1. The van der Waals surface area contributed by atoms with Crippen molar-refractivity contribution in [2.75, 3.05) is 6.54 Å². The molecule has 0 aromatic carbocycles. The Bertz CT molecular complexity index is 207. The van der Waals surface area contributed by atoms with Gasteiger partial charge in [-0.15, -0.1) is 10.2 Å². The lowest BCUT2D eigenvalue weighted by Gasteiger charge is -2.17. The molecular weight excluding hydrogens is 166 g/mol. The monoisotopic (exact) mass is 175 g/mol. The van der Waals surface area contributed by atoms with Gasteiger partial charge in [0.2, 0.25) is 0 Å². The molecule has 0 aliphatic heterocycles. The molecule has 0 fully saturated rings. The van der Waals surface area contributed by atoms with Crippen molar-refractivity contribution in [3.05, 3.63) is 5.82 Å². The maximum absolute atomic E-state index is 5.37. The summed E-state index contributed by atoms with van der Waals surface area (Å²) in [5, 5.41) is 13.6. The molecule has 11 heavy (non-hydrogen) atoms. The van der Waals surface area contributed by atoms with Crippen LogP contribution in [0.15, 0.2) is 0 Å². The first-order chi connectivity index (χ1) is 5.17. The van der Waals surface area contributed by atoms with Crippen LogP contribution in [0.2, 0.25) is 0 Å². The number of hydrogen-bond acceptors (Lipinski definition) is 4. The molecule has 6 heteroatoms. The summed E-state index contributed by atoms with van der Waals surface area (Å²) in [4.78, 5) is 2.55. The second-order valence-electron chi connectivity index (χ2n) is 2.93. The van der Waals surface area contributed by atoms with Crippen LogP contribution in [0.3, 0.4) is 0 Å². The Labute approximate surface area is 69.6 Å². The Morgan fingerprint density at radius 1 is 1.64 bits per heavy atom. The van der Waals surface area contributed by atoms with Crippen LogP contribution in [0.25, 0.3) is 0 Å². The summed E-state index contributed by atoms with van der Waals surface area (Å²) in [6.45, 7) is 4.56. The van der Waals surface area contributed by atoms with Gasteiger partial charge in [-0.3, -0.25) is 0 Å². The average Bonchev–Trinajstić information content (AvgIpc) is 2.37. The van der Waals surface area contributed by atoms with Crippen LogP contribution in [0, 0.1) is 0 Å². The molecule has 0 saturated heterocycles. The Kier molecular flexibility index (Phi) is 2.41. The second kappa shape index (κ2) is 3.15. The number of aromatic amines is 1. The molecule has 1 aromatic heterocycles. The lowest BCUT2D eigenvalue weighted by molar-refractivity contribution is 0.487. The first-order valence-electron chi connectivity index (χ1n) is 3.24. The maximum atomic E-state index is 5.37. The van der Waals surface area contributed by atoms with E-state index < -0.39 is 0 Å². The van der Waals surface area contributed by atoms with Gasteiger partial charge in [0.05, 0.1) is 0 Å². The lowest BCUT2D eigenvalue weighted by Crippen LogP contribution is -2.29. The molecule has 0 unspecified atom stereocenters. The van der Waals surface area contributed by atoms with Gasteiger partial charge in [0.15, 0.2) is 5.82 Å². The zero-order valence-corrected chi connectivity index (χ0v) is 7.18. The van der Waals surface area contributed by atoms with Crippen molar-refractivity contribution in [2.45, 2.75) is 19.3 Å². The van der Waals surface area contributed by atoms with Crippen LogP contribution in [0.5, 0.6) is 0 Å². The van der Waals surface area contributed by atoms with Gasteiger partial charge < -0.3 is 0 Å². The van der Waals surface area contributed by atoms with E-state index >= 15 is 0 Å². The van der Waals surface area contributed by atoms with Crippen LogP contribution in [-0.2, 0) is 5.41 Å². The first-order valence-corrected chi connectivity index (χ1v) is 3.62. The predicted octanol–water partition coefficient (Wildman–Crippen LogP) is 0.221. The summed E-state index contributed by atoms with van der Waals surface area (Å²) in [7, 11) is 0. The predicted molar refractivity (Wildman–Crippen MR) is 41.1 cm³/mol. The molecule has 0 atom stereocenters. The van der Waals surface area contributed by atoms with E-state index in [0.29, 0.717) is 12.4 Å². The zero-order valence-electron chi connectivity index (χ0n) is 6.43. The maximum Gasteiger partial charge on any atom is 0.181 e. The van der Waals surface area contributed by atoms with E-state index in [2.05, 4.69) is 25.5 Å². The second-order valence-corrected chi connectivity index (χ2v) is 3.20. The summed E-state index contributed by atoms with van der Waals surface area (Å²) in [5.74, 6) is 0.658. The minimum atomic E-state index is -0.186. The quantitative estimate of drug-likeness (QED) is 0.646. The van der Waals surface area contributed by atoms with Crippen LogP contribution in [0.4, 0.5) is 0 Å². The fourth-order valence-corrected chi connectivity index (χ4v) is 1.03. The Balaban J connectivity index is 2.73. The summed E-state index contributed by atoms with van der Waals surface area (Å²) < 4.78 is 0. The Morgan fingerprint density at radius 2 is 2.36 bits per heavy atom. The molecule has 0 amide bonds. The summed E-state index contributed by atoms with van der Waals surface area (Å²) in [5.41, 5.74) is -0.186. The van der Waals surface area contributed by atoms with Gasteiger partial charge >= 0.3 is 0 Å². The third-order valence-electron chi connectivity index (χ3n) is 1.46. The van der Waals surface area contributed by atoms with Crippen molar-refractivity contribution in [3.8, 4) is 0 Å². The van der Waals surface area contributed by atoms with Crippen LogP contribution < -0.4 is 4.84 Å². The third-order valence-corrected chi connectivity index (χ3v) is 1.59. The fourth-order valence-electron chi connectivity index (χ4n) is 0.695. The van der Waals surface area contributed by atoms with Gasteiger partial charge in [0, 0.05) is 12.0 Å². The van der Waals surface area contributed by atoms with E-state index in [-0.39, 0.29) is 5.41 Å². The molecule has 1 rings (SSSR count). The van der Waals surface area contributed by atoms with Crippen molar-refractivity contribution in [1.29, 1.82) is 0 Å². The number of nitrogens with zero attached hydrogens (tertiary/aromatic N) is 3. The number of hydrogen-bond donors (Lipinski definition) is 2. The normalized spacial score (nSPS) is 11.9. The highest BCUT2D eigenvalue weighted by Gasteiger charge is 2.24. The SMILES string of the molecule is CC(C)(CNCl)c1nn[nH]n1. The molecule has 0 aliphatic carbocycles. The van der Waals surface area contributed by atoms with E-state index in [4.69, 9.17) is 11.8 Å². The highest BCUT2D eigenvalue weighted by atomic mass is 35.5. The van der Waals surface area contributed by atoms with Gasteiger partial charge in [-0.05, 0) is 11.8 Å². The van der Waals surface area contributed by atoms with E-state index in [1.807, 2.05) is 13.8 Å².